The predicted octanol–water partition coefficient (Wildman–Crippen LogP) is -0.351. The first kappa shape index (κ1) is 15.7. The fourth-order valence-corrected chi connectivity index (χ4v) is 2.63. The molecule has 0 bridgehead atoms. The van der Waals surface area contributed by atoms with Gasteiger partial charge in [0.1, 0.15) is 0 Å². The van der Waals surface area contributed by atoms with Crippen molar-refractivity contribution < 1.29 is 13.2 Å². The third-order valence-corrected chi connectivity index (χ3v) is 4.27. The molecule has 0 aromatic carbocycles. The Morgan fingerprint density at radius 1 is 1.25 bits per heavy atom. The number of rotatable bonds is 2. The molecule has 16 heavy (non-hydrogen) atoms. The Balaban J connectivity index is 0.00000225. The molecule has 7 heteroatoms. The molecule has 1 aliphatic heterocycles. The lowest BCUT2D eigenvalue weighted by molar-refractivity contribution is -0.133. The van der Waals surface area contributed by atoms with Crippen molar-refractivity contribution in [1.29, 1.82) is 0 Å². The van der Waals surface area contributed by atoms with Gasteiger partial charge in [-0.15, -0.1) is 12.4 Å². The smallest absolute Gasteiger partial charge is 0.239 e. The van der Waals surface area contributed by atoms with E-state index in [2.05, 4.69) is 0 Å². The number of nitrogens with two attached hydrogens (primary N) is 1. The minimum atomic E-state index is -2.93. The monoisotopic (exact) mass is 270 g/mol. The fourth-order valence-electron chi connectivity index (χ4n) is 1.43. The van der Waals surface area contributed by atoms with Crippen LogP contribution in [0.3, 0.4) is 0 Å². The van der Waals surface area contributed by atoms with Crippen LogP contribution < -0.4 is 5.73 Å². The molecule has 0 unspecified atom stereocenters. The molecular weight excluding hydrogens is 252 g/mol. The van der Waals surface area contributed by atoms with Gasteiger partial charge in [-0.25, -0.2) is 8.42 Å². The second kappa shape index (κ2) is 5.84. The van der Waals surface area contributed by atoms with Crippen molar-refractivity contribution >= 4 is 28.2 Å². The maximum Gasteiger partial charge on any atom is 0.239 e. The molecule has 0 spiro atoms. The first-order valence-electron chi connectivity index (χ1n) is 5.08. The van der Waals surface area contributed by atoms with Crippen LogP contribution in [0.2, 0.25) is 0 Å². The Morgan fingerprint density at radius 2 is 1.69 bits per heavy atom. The molecule has 0 saturated carbocycles. The number of sulfone groups is 1. The van der Waals surface area contributed by atoms with E-state index in [1.54, 1.807) is 4.90 Å². The Bertz CT molecular complexity index is 329. The van der Waals surface area contributed by atoms with Crippen molar-refractivity contribution in [3.63, 3.8) is 0 Å². The highest BCUT2D eigenvalue weighted by Crippen LogP contribution is 2.08. The van der Waals surface area contributed by atoms with Crippen LogP contribution in [0.4, 0.5) is 0 Å². The zero-order valence-electron chi connectivity index (χ0n) is 9.55. The number of amides is 1. The summed E-state index contributed by atoms with van der Waals surface area (Å²) in [5.74, 6) is 0.0588. The summed E-state index contributed by atoms with van der Waals surface area (Å²) in [4.78, 5) is 13.3. The molecule has 1 amide bonds. The number of halogens is 1. The second-order valence-electron chi connectivity index (χ2n) is 4.25. The lowest BCUT2D eigenvalue weighted by atomic mass is 10.0. The molecule has 1 heterocycles. The predicted molar refractivity (Wildman–Crippen MR) is 65.3 cm³/mol. The van der Waals surface area contributed by atoms with E-state index in [0.717, 1.165) is 0 Å². The topological polar surface area (TPSA) is 80.5 Å². The van der Waals surface area contributed by atoms with Gasteiger partial charge in [0, 0.05) is 13.1 Å². The third kappa shape index (κ3) is 3.92. The number of hydrogen-bond acceptors (Lipinski definition) is 4. The van der Waals surface area contributed by atoms with Crippen LogP contribution in [-0.2, 0) is 14.6 Å². The van der Waals surface area contributed by atoms with Crippen LogP contribution in [0.1, 0.15) is 13.8 Å². The number of nitrogens with zero attached hydrogens (tertiary/aromatic N) is 1. The molecule has 5 nitrogen and oxygen atoms in total. The molecule has 2 N–H and O–H groups in total. The first-order valence-corrected chi connectivity index (χ1v) is 6.90. The maximum atomic E-state index is 11.8. The van der Waals surface area contributed by atoms with Crippen LogP contribution in [-0.4, -0.2) is 49.9 Å². The van der Waals surface area contributed by atoms with E-state index in [9.17, 15) is 13.2 Å². The number of carbonyl (C=O) groups is 1. The third-order valence-electron chi connectivity index (χ3n) is 2.66. The summed E-state index contributed by atoms with van der Waals surface area (Å²) >= 11 is 0. The lowest BCUT2D eigenvalue weighted by Gasteiger charge is -2.30. The minimum absolute atomic E-state index is 0. The molecule has 1 rings (SSSR count). The van der Waals surface area contributed by atoms with Gasteiger partial charge in [0.2, 0.25) is 5.91 Å². The largest absolute Gasteiger partial charge is 0.339 e. The van der Waals surface area contributed by atoms with Crippen molar-refractivity contribution in [3.8, 4) is 0 Å². The van der Waals surface area contributed by atoms with Crippen molar-refractivity contribution in [2.45, 2.75) is 19.9 Å². The van der Waals surface area contributed by atoms with Gasteiger partial charge >= 0.3 is 0 Å². The summed E-state index contributed by atoms with van der Waals surface area (Å²) in [7, 11) is -2.93. The molecule has 1 atom stereocenters. The van der Waals surface area contributed by atoms with Crippen LogP contribution >= 0.6 is 12.4 Å². The quantitative estimate of drug-likeness (QED) is 0.744. The summed E-state index contributed by atoms with van der Waals surface area (Å²) in [6.07, 6.45) is 0. The molecule has 1 aliphatic rings. The maximum absolute atomic E-state index is 11.8. The van der Waals surface area contributed by atoms with Crippen LogP contribution in [0.15, 0.2) is 0 Å². The van der Waals surface area contributed by atoms with Gasteiger partial charge in [0.05, 0.1) is 17.5 Å². The van der Waals surface area contributed by atoms with E-state index in [0.29, 0.717) is 0 Å². The summed E-state index contributed by atoms with van der Waals surface area (Å²) in [5.41, 5.74) is 5.72. The van der Waals surface area contributed by atoms with E-state index < -0.39 is 15.9 Å². The van der Waals surface area contributed by atoms with Gasteiger partial charge in [0.15, 0.2) is 9.84 Å². The van der Waals surface area contributed by atoms with Gasteiger partial charge in [-0.1, -0.05) is 13.8 Å². The van der Waals surface area contributed by atoms with Gasteiger partial charge in [-0.2, -0.15) is 0 Å². The van der Waals surface area contributed by atoms with Crippen molar-refractivity contribution in [1.82, 2.24) is 4.90 Å². The second-order valence-corrected chi connectivity index (χ2v) is 6.55. The summed E-state index contributed by atoms with van der Waals surface area (Å²) in [6, 6.07) is -0.522. The Kier molecular flexibility index (Phi) is 5.72. The van der Waals surface area contributed by atoms with Gasteiger partial charge in [-0.3, -0.25) is 4.79 Å². The molecule has 1 fully saturated rings. The normalized spacial score (nSPS) is 21.4. The van der Waals surface area contributed by atoms with Gasteiger partial charge < -0.3 is 10.6 Å². The Labute approximate surface area is 103 Å². The molecule has 0 aliphatic carbocycles. The lowest BCUT2D eigenvalue weighted by Crippen LogP contribution is -2.51. The van der Waals surface area contributed by atoms with Crippen LogP contribution in [0.5, 0.6) is 0 Å². The average Bonchev–Trinajstić information content (AvgIpc) is 2.15. The van der Waals surface area contributed by atoms with E-state index in [1.165, 1.54) is 0 Å². The van der Waals surface area contributed by atoms with Gasteiger partial charge in [-0.05, 0) is 5.92 Å². The summed E-state index contributed by atoms with van der Waals surface area (Å²) in [6.45, 7) is 4.32. The fraction of sp³-hybridized carbons (Fsp3) is 0.889. The molecular formula is C9H19ClN2O3S. The summed E-state index contributed by atoms with van der Waals surface area (Å²) < 4.78 is 22.3. The van der Waals surface area contributed by atoms with E-state index in [1.807, 2.05) is 13.8 Å². The highest BCUT2D eigenvalue weighted by atomic mass is 35.5. The molecule has 0 aromatic rings. The van der Waals surface area contributed by atoms with Crippen LogP contribution in [0.25, 0.3) is 0 Å². The highest BCUT2D eigenvalue weighted by Gasteiger charge is 2.29. The van der Waals surface area contributed by atoms with Crippen molar-refractivity contribution in [3.05, 3.63) is 0 Å². The zero-order valence-corrected chi connectivity index (χ0v) is 11.2. The van der Waals surface area contributed by atoms with Crippen molar-refractivity contribution in [2.75, 3.05) is 24.6 Å². The molecule has 0 radical (unpaired) electrons. The molecule has 0 aromatic heterocycles. The minimum Gasteiger partial charge on any atom is -0.339 e. The molecule has 1 saturated heterocycles. The highest BCUT2D eigenvalue weighted by molar-refractivity contribution is 7.91. The SMILES string of the molecule is CC(C)[C@H](N)C(=O)N1CCS(=O)(=O)CC1.Cl. The van der Waals surface area contributed by atoms with E-state index in [-0.39, 0.29) is 48.8 Å². The first-order chi connectivity index (χ1) is 6.83. The van der Waals surface area contributed by atoms with Gasteiger partial charge in [0.25, 0.3) is 0 Å². The number of carbonyl (C=O) groups excluding carboxylic acids is 1. The summed E-state index contributed by atoms with van der Waals surface area (Å²) in [5, 5.41) is 0. The van der Waals surface area contributed by atoms with E-state index >= 15 is 0 Å². The van der Waals surface area contributed by atoms with E-state index in [4.69, 9.17) is 5.73 Å². The van der Waals surface area contributed by atoms with Crippen LogP contribution in [0, 0.1) is 5.92 Å². The average molecular weight is 271 g/mol. The number of hydrogen-bond donors (Lipinski definition) is 1. The Hall–Kier alpha value is -0.330. The standard InChI is InChI=1S/C9H18N2O3S.ClH/c1-7(2)8(10)9(12)11-3-5-15(13,14)6-4-11;/h7-8H,3-6,10H2,1-2H3;1H/t8-;/m0./s1. The zero-order chi connectivity index (χ0) is 11.6. The van der Waals surface area contributed by atoms with Crippen molar-refractivity contribution in [2.24, 2.45) is 11.7 Å². The molecule has 96 valence electrons. The Morgan fingerprint density at radius 3 is 2.06 bits per heavy atom.